The highest BCUT2D eigenvalue weighted by Crippen LogP contribution is 2.47. The first-order chi connectivity index (χ1) is 10.5. The fourth-order valence-electron chi connectivity index (χ4n) is 3.18. The highest BCUT2D eigenvalue weighted by Gasteiger charge is 2.62. The number of imidazole rings is 1. The molecule has 4 rings (SSSR count). The molecule has 0 radical (unpaired) electrons. The van der Waals surface area contributed by atoms with E-state index >= 15 is 0 Å². The molecule has 2 fully saturated rings. The average Bonchev–Trinajstić information content (AvgIpc) is 3.08. The largest absolute Gasteiger partial charge is 0.394 e. The molecule has 0 aromatic carbocycles. The number of ether oxygens (including phenoxy) is 3. The van der Waals surface area contributed by atoms with Crippen molar-refractivity contribution in [1.29, 1.82) is 0 Å². The molecule has 2 aromatic rings. The zero-order valence-electron chi connectivity index (χ0n) is 12.1. The van der Waals surface area contributed by atoms with Crippen molar-refractivity contribution in [3.05, 3.63) is 17.8 Å². The Hall–Kier alpha value is -1.32. The van der Waals surface area contributed by atoms with Crippen LogP contribution in [0, 0.1) is 0 Å². The van der Waals surface area contributed by atoms with Crippen molar-refractivity contribution in [3.63, 3.8) is 0 Å². The second-order valence-corrected chi connectivity index (χ2v) is 6.23. The normalized spacial score (nSPS) is 33.5. The number of rotatable bonds is 2. The van der Waals surface area contributed by atoms with E-state index in [-0.39, 0.29) is 18.4 Å². The average molecular weight is 327 g/mol. The smallest absolute Gasteiger partial charge is 0.203 e. The first-order valence-electron chi connectivity index (χ1n) is 6.91. The van der Waals surface area contributed by atoms with Crippen molar-refractivity contribution in [2.75, 3.05) is 13.2 Å². The van der Waals surface area contributed by atoms with Crippen LogP contribution in [0.5, 0.6) is 0 Å². The Balaban J connectivity index is 1.90. The Morgan fingerprint density at radius 2 is 2.23 bits per heavy atom. The molecule has 2 aliphatic rings. The summed E-state index contributed by atoms with van der Waals surface area (Å²) in [5.74, 6) is -0.810. The van der Waals surface area contributed by atoms with Gasteiger partial charge in [0.15, 0.2) is 16.6 Å². The van der Waals surface area contributed by atoms with E-state index in [1.165, 1.54) is 6.33 Å². The maximum atomic E-state index is 9.52. The molecule has 1 N–H and O–H groups in total. The van der Waals surface area contributed by atoms with Gasteiger partial charge in [-0.2, -0.15) is 0 Å². The topological polar surface area (TPSA) is 91.5 Å². The fraction of sp³-hybridized carbons (Fsp3) is 0.615. The van der Waals surface area contributed by atoms with Crippen molar-refractivity contribution in [1.82, 2.24) is 19.5 Å². The van der Waals surface area contributed by atoms with Gasteiger partial charge in [-0.25, -0.2) is 15.0 Å². The SMILES string of the molecule is CC1(C)O[C@@H]2[C@@H](CO)OC[C@@]2(n2cnc3c(Cl)ncnc32)O1. The summed E-state index contributed by atoms with van der Waals surface area (Å²) in [7, 11) is 0. The molecule has 0 saturated carbocycles. The number of hydrogen-bond donors (Lipinski definition) is 1. The van der Waals surface area contributed by atoms with Gasteiger partial charge in [-0.05, 0) is 13.8 Å². The van der Waals surface area contributed by atoms with Gasteiger partial charge in [-0.3, -0.25) is 4.57 Å². The van der Waals surface area contributed by atoms with Gasteiger partial charge in [0, 0.05) is 0 Å². The van der Waals surface area contributed by atoms with Gasteiger partial charge in [0.2, 0.25) is 5.72 Å². The lowest BCUT2D eigenvalue weighted by molar-refractivity contribution is -0.206. The number of hydrogen-bond acceptors (Lipinski definition) is 7. The Kier molecular flexibility index (Phi) is 2.98. The number of aromatic nitrogens is 4. The van der Waals surface area contributed by atoms with Gasteiger partial charge < -0.3 is 19.3 Å². The maximum absolute atomic E-state index is 9.52. The fourth-order valence-corrected chi connectivity index (χ4v) is 3.36. The Morgan fingerprint density at radius 1 is 1.41 bits per heavy atom. The minimum absolute atomic E-state index is 0.159. The molecular weight excluding hydrogens is 312 g/mol. The molecular formula is C13H15ClN4O4. The summed E-state index contributed by atoms with van der Waals surface area (Å²) in [4.78, 5) is 12.4. The van der Waals surface area contributed by atoms with Gasteiger partial charge in [-0.1, -0.05) is 11.6 Å². The van der Waals surface area contributed by atoms with Crippen LogP contribution < -0.4 is 0 Å². The van der Waals surface area contributed by atoms with Gasteiger partial charge in [0.1, 0.15) is 24.1 Å². The van der Waals surface area contributed by atoms with Crippen LogP contribution in [0.1, 0.15) is 13.8 Å². The molecule has 0 spiro atoms. The third-order valence-corrected chi connectivity index (χ3v) is 4.27. The van der Waals surface area contributed by atoms with E-state index in [1.54, 1.807) is 10.9 Å². The first kappa shape index (κ1) is 14.3. The van der Waals surface area contributed by atoms with Crippen molar-refractivity contribution in [3.8, 4) is 0 Å². The van der Waals surface area contributed by atoms with Crippen molar-refractivity contribution in [2.24, 2.45) is 0 Å². The lowest BCUT2D eigenvalue weighted by atomic mass is 10.1. The van der Waals surface area contributed by atoms with E-state index in [2.05, 4.69) is 15.0 Å². The predicted octanol–water partition coefficient (Wildman–Crippen LogP) is 0.675. The van der Waals surface area contributed by atoms with Crippen LogP contribution in [0.15, 0.2) is 12.7 Å². The zero-order chi connectivity index (χ0) is 15.5. The molecule has 4 heterocycles. The van der Waals surface area contributed by atoms with Gasteiger partial charge >= 0.3 is 0 Å². The molecule has 8 nitrogen and oxygen atoms in total. The Bertz CT molecular complexity index is 736. The summed E-state index contributed by atoms with van der Waals surface area (Å²) in [6.07, 6.45) is 2.01. The zero-order valence-corrected chi connectivity index (χ0v) is 12.8. The number of nitrogens with zero attached hydrogens (tertiary/aromatic N) is 4. The summed E-state index contributed by atoms with van der Waals surface area (Å²) in [6.45, 7) is 3.71. The summed E-state index contributed by atoms with van der Waals surface area (Å²) < 4.78 is 19.5. The minimum Gasteiger partial charge on any atom is -0.394 e. The summed E-state index contributed by atoms with van der Waals surface area (Å²) in [6, 6.07) is 0. The van der Waals surface area contributed by atoms with Crippen LogP contribution in [0.4, 0.5) is 0 Å². The van der Waals surface area contributed by atoms with E-state index in [1.807, 2.05) is 13.8 Å². The molecule has 118 valence electrons. The molecule has 2 aliphatic heterocycles. The Labute approximate surface area is 131 Å². The van der Waals surface area contributed by atoms with Crippen LogP contribution in [-0.4, -0.2) is 55.8 Å². The van der Waals surface area contributed by atoms with Crippen LogP contribution in [0.25, 0.3) is 11.2 Å². The van der Waals surface area contributed by atoms with Crippen LogP contribution in [0.3, 0.4) is 0 Å². The monoisotopic (exact) mass is 326 g/mol. The standard InChI is InChI=1S/C13H15ClN4O4/c1-12(2)21-9-7(3-19)20-4-13(9,22-12)18-6-17-8-10(14)15-5-16-11(8)18/h5-7,9,19H,3-4H2,1-2H3/t7-,9-,13-/m1/s1. The lowest BCUT2D eigenvalue weighted by Gasteiger charge is -2.28. The number of aliphatic hydroxyl groups excluding tert-OH is 1. The van der Waals surface area contributed by atoms with Crippen molar-refractivity contribution < 1.29 is 19.3 Å². The predicted molar refractivity (Wildman–Crippen MR) is 75.2 cm³/mol. The van der Waals surface area contributed by atoms with Crippen LogP contribution in [-0.2, 0) is 19.9 Å². The minimum atomic E-state index is -0.941. The maximum Gasteiger partial charge on any atom is 0.203 e. The molecule has 0 bridgehead atoms. The number of aliphatic hydroxyl groups is 1. The molecule has 0 amide bonds. The number of fused-ring (bicyclic) bond motifs is 2. The molecule has 2 aromatic heterocycles. The molecule has 0 unspecified atom stereocenters. The summed E-state index contributed by atoms with van der Waals surface area (Å²) in [5.41, 5.74) is 0.0788. The molecule has 22 heavy (non-hydrogen) atoms. The molecule has 9 heteroatoms. The van der Waals surface area contributed by atoms with E-state index < -0.39 is 23.7 Å². The van der Waals surface area contributed by atoms with E-state index in [9.17, 15) is 5.11 Å². The number of halogens is 1. The summed E-state index contributed by atoms with van der Waals surface area (Å²) in [5, 5.41) is 9.79. The second kappa shape index (κ2) is 4.59. The van der Waals surface area contributed by atoms with Gasteiger partial charge in [0.25, 0.3) is 0 Å². The molecule has 0 aliphatic carbocycles. The Morgan fingerprint density at radius 3 is 3.00 bits per heavy atom. The van der Waals surface area contributed by atoms with Crippen molar-refractivity contribution >= 4 is 22.8 Å². The van der Waals surface area contributed by atoms with E-state index in [0.29, 0.717) is 11.2 Å². The van der Waals surface area contributed by atoms with E-state index in [0.717, 1.165) is 0 Å². The van der Waals surface area contributed by atoms with Gasteiger partial charge in [0.05, 0.1) is 19.5 Å². The lowest BCUT2D eigenvalue weighted by Crippen LogP contribution is -2.44. The molecule has 2 saturated heterocycles. The van der Waals surface area contributed by atoms with Crippen LogP contribution >= 0.6 is 11.6 Å². The first-order valence-corrected chi connectivity index (χ1v) is 7.29. The highest BCUT2D eigenvalue weighted by atomic mass is 35.5. The second-order valence-electron chi connectivity index (χ2n) is 5.87. The van der Waals surface area contributed by atoms with E-state index in [4.69, 9.17) is 25.8 Å². The van der Waals surface area contributed by atoms with Gasteiger partial charge in [-0.15, -0.1) is 0 Å². The third kappa shape index (κ3) is 1.82. The highest BCUT2D eigenvalue weighted by molar-refractivity contribution is 6.33. The van der Waals surface area contributed by atoms with Crippen molar-refractivity contribution in [2.45, 2.75) is 37.6 Å². The quantitative estimate of drug-likeness (QED) is 0.811. The summed E-state index contributed by atoms with van der Waals surface area (Å²) >= 11 is 6.06. The van der Waals surface area contributed by atoms with Crippen LogP contribution in [0.2, 0.25) is 5.15 Å². The third-order valence-electron chi connectivity index (χ3n) is 4.00. The molecule has 3 atom stereocenters.